The molecule has 1 heterocycles. The van der Waals surface area contributed by atoms with Crippen molar-refractivity contribution in [2.24, 2.45) is 0 Å². The van der Waals surface area contributed by atoms with E-state index in [1.54, 1.807) is 41.3 Å². The summed E-state index contributed by atoms with van der Waals surface area (Å²) >= 11 is 3.38. The summed E-state index contributed by atoms with van der Waals surface area (Å²) in [6, 6.07) is 14.5. The first-order valence-electron chi connectivity index (χ1n) is 8.68. The topological polar surface area (TPSA) is 55.8 Å². The molecule has 0 spiro atoms. The van der Waals surface area contributed by atoms with E-state index in [9.17, 15) is 9.59 Å². The SMILES string of the molecule is O=C(/C=C/c1ccc(Br)cc1)c1ccc(OCC(=O)N2CCOCC2)cc1. The molecule has 0 N–H and O–H groups in total. The minimum atomic E-state index is -0.0890. The molecule has 6 heteroatoms. The third-order valence-electron chi connectivity index (χ3n) is 4.16. The number of rotatable bonds is 6. The molecular weight excluding hydrogens is 410 g/mol. The summed E-state index contributed by atoms with van der Waals surface area (Å²) in [5, 5.41) is 0. The number of morpholine rings is 1. The van der Waals surface area contributed by atoms with Crippen LogP contribution in [0.2, 0.25) is 0 Å². The van der Waals surface area contributed by atoms with Crippen molar-refractivity contribution in [1.82, 2.24) is 4.90 Å². The van der Waals surface area contributed by atoms with Gasteiger partial charge in [-0.1, -0.05) is 34.1 Å². The van der Waals surface area contributed by atoms with E-state index in [2.05, 4.69) is 15.9 Å². The number of benzene rings is 2. The highest BCUT2D eigenvalue weighted by Gasteiger charge is 2.17. The molecule has 0 aliphatic carbocycles. The Balaban J connectivity index is 1.52. The molecule has 2 aromatic carbocycles. The van der Waals surface area contributed by atoms with E-state index in [1.807, 2.05) is 24.3 Å². The Morgan fingerprint density at radius 3 is 2.37 bits per heavy atom. The first-order chi connectivity index (χ1) is 13.1. The standard InChI is InChI=1S/C21H20BrNO4/c22-18-6-1-16(2-7-18)3-10-20(24)17-4-8-19(9-5-17)27-15-21(25)23-11-13-26-14-12-23/h1-10H,11-15H2/b10-3+. The maximum atomic E-state index is 12.3. The fourth-order valence-electron chi connectivity index (χ4n) is 2.61. The van der Waals surface area contributed by atoms with Gasteiger partial charge in [-0.2, -0.15) is 0 Å². The molecule has 27 heavy (non-hydrogen) atoms. The third kappa shape index (κ3) is 5.77. The van der Waals surface area contributed by atoms with Gasteiger partial charge in [-0.25, -0.2) is 0 Å². The first kappa shape index (κ1) is 19.3. The summed E-state index contributed by atoms with van der Waals surface area (Å²) in [7, 11) is 0. The van der Waals surface area contributed by atoms with E-state index in [4.69, 9.17) is 9.47 Å². The van der Waals surface area contributed by atoms with Crippen LogP contribution in [0, 0.1) is 0 Å². The number of ether oxygens (including phenoxy) is 2. The van der Waals surface area contributed by atoms with Crippen molar-refractivity contribution in [2.75, 3.05) is 32.9 Å². The van der Waals surface area contributed by atoms with E-state index in [0.29, 0.717) is 37.6 Å². The number of carbonyl (C=O) groups is 2. The van der Waals surface area contributed by atoms with Crippen LogP contribution >= 0.6 is 15.9 Å². The van der Waals surface area contributed by atoms with Gasteiger partial charge in [-0.05, 0) is 48.0 Å². The van der Waals surface area contributed by atoms with E-state index < -0.39 is 0 Å². The van der Waals surface area contributed by atoms with E-state index in [0.717, 1.165) is 10.0 Å². The Bertz CT molecular complexity index is 809. The zero-order chi connectivity index (χ0) is 19.1. The van der Waals surface area contributed by atoms with Gasteiger partial charge in [0, 0.05) is 23.1 Å². The number of nitrogens with zero attached hydrogens (tertiary/aromatic N) is 1. The van der Waals surface area contributed by atoms with Crippen molar-refractivity contribution in [3.05, 3.63) is 70.2 Å². The van der Waals surface area contributed by atoms with Crippen molar-refractivity contribution in [3.63, 3.8) is 0 Å². The van der Waals surface area contributed by atoms with Gasteiger partial charge in [0.05, 0.1) is 13.2 Å². The average Bonchev–Trinajstić information content (AvgIpc) is 2.72. The number of hydrogen-bond donors (Lipinski definition) is 0. The molecule has 1 saturated heterocycles. The normalized spacial score (nSPS) is 14.3. The molecule has 0 unspecified atom stereocenters. The lowest BCUT2D eigenvalue weighted by molar-refractivity contribution is -0.137. The molecule has 3 rings (SSSR count). The summed E-state index contributed by atoms with van der Waals surface area (Å²) in [5.41, 5.74) is 1.52. The van der Waals surface area contributed by atoms with Crippen molar-refractivity contribution < 1.29 is 19.1 Å². The molecule has 140 valence electrons. The van der Waals surface area contributed by atoms with Gasteiger partial charge in [-0.3, -0.25) is 9.59 Å². The Labute approximate surface area is 166 Å². The minimum Gasteiger partial charge on any atom is -0.484 e. The molecule has 0 aromatic heterocycles. The fourth-order valence-corrected chi connectivity index (χ4v) is 2.87. The van der Waals surface area contributed by atoms with Gasteiger partial charge in [0.15, 0.2) is 12.4 Å². The Morgan fingerprint density at radius 2 is 1.70 bits per heavy atom. The predicted molar refractivity (Wildman–Crippen MR) is 107 cm³/mol. The van der Waals surface area contributed by atoms with Crippen molar-refractivity contribution in [1.29, 1.82) is 0 Å². The lowest BCUT2D eigenvalue weighted by atomic mass is 10.1. The second-order valence-electron chi connectivity index (χ2n) is 6.06. The van der Waals surface area contributed by atoms with Gasteiger partial charge in [0.25, 0.3) is 5.91 Å². The minimum absolute atomic E-state index is 0.0171. The summed E-state index contributed by atoms with van der Waals surface area (Å²) in [4.78, 5) is 26.1. The van der Waals surface area contributed by atoms with Gasteiger partial charge in [-0.15, -0.1) is 0 Å². The van der Waals surface area contributed by atoms with E-state index in [1.165, 1.54) is 0 Å². The maximum Gasteiger partial charge on any atom is 0.260 e. The molecule has 1 fully saturated rings. The second kappa shape index (κ2) is 9.48. The highest BCUT2D eigenvalue weighted by atomic mass is 79.9. The average molecular weight is 430 g/mol. The molecule has 5 nitrogen and oxygen atoms in total. The highest BCUT2D eigenvalue weighted by molar-refractivity contribution is 9.10. The number of hydrogen-bond acceptors (Lipinski definition) is 4. The number of ketones is 1. The predicted octanol–water partition coefficient (Wildman–Crippen LogP) is 3.58. The summed E-state index contributed by atoms with van der Waals surface area (Å²) in [5.74, 6) is 0.412. The molecule has 0 saturated carbocycles. The second-order valence-corrected chi connectivity index (χ2v) is 6.97. The Hall–Kier alpha value is -2.44. The lowest BCUT2D eigenvalue weighted by Crippen LogP contribution is -2.42. The molecule has 0 radical (unpaired) electrons. The fraction of sp³-hybridized carbons (Fsp3) is 0.238. The zero-order valence-electron chi connectivity index (χ0n) is 14.8. The molecular formula is C21H20BrNO4. The first-order valence-corrected chi connectivity index (χ1v) is 9.47. The van der Waals surface area contributed by atoms with E-state index in [-0.39, 0.29) is 18.3 Å². The van der Waals surface area contributed by atoms with Crippen LogP contribution in [-0.4, -0.2) is 49.5 Å². The highest BCUT2D eigenvalue weighted by Crippen LogP contribution is 2.15. The quantitative estimate of drug-likeness (QED) is 0.520. The van der Waals surface area contributed by atoms with Crippen molar-refractivity contribution in [3.8, 4) is 5.75 Å². The maximum absolute atomic E-state index is 12.3. The molecule has 2 aromatic rings. The smallest absolute Gasteiger partial charge is 0.260 e. The van der Waals surface area contributed by atoms with Crippen LogP contribution in [0.25, 0.3) is 6.08 Å². The third-order valence-corrected chi connectivity index (χ3v) is 4.69. The van der Waals surface area contributed by atoms with E-state index >= 15 is 0 Å². The van der Waals surface area contributed by atoms with Gasteiger partial charge in [0.1, 0.15) is 5.75 Å². The van der Waals surface area contributed by atoms with Crippen LogP contribution in [0.3, 0.4) is 0 Å². The number of carbonyl (C=O) groups excluding carboxylic acids is 2. The van der Waals surface area contributed by atoms with Crippen LogP contribution < -0.4 is 4.74 Å². The van der Waals surface area contributed by atoms with Gasteiger partial charge < -0.3 is 14.4 Å². The molecule has 0 atom stereocenters. The number of allylic oxidation sites excluding steroid dienone is 1. The summed E-state index contributed by atoms with van der Waals surface area (Å²) in [6.07, 6.45) is 3.32. The van der Waals surface area contributed by atoms with Crippen LogP contribution in [0.1, 0.15) is 15.9 Å². The summed E-state index contributed by atoms with van der Waals surface area (Å²) in [6.45, 7) is 2.31. The largest absolute Gasteiger partial charge is 0.484 e. The monoisotopic (exact) mass is 429 g/mol. The van der Waals surface area contributed by atoms with Crippen LogP contribution in [-0.2, 0) is 9.53 Å². The van der Waals surface area contributed by atoms with Gasteiger partial charge >= 0.3 is 0 Å². The number of amides is 1. The number of halogens is 1. The Morgan fingerprint density at radius 1 is 1.04 bits per heavy atom. The van der Waals surface area contributed by atoms with Crippen LogP contribution in [0.4, 0.5) is 0 Å². The molecule has 1 amide bonds. The van der Waals surface area contributed by atoms with Crippen LogP contribution in [0.15, 0.2) is 59.1 Å². The van der Waals surface area contributed by atoms with Crippen molar-refractivity contribution >= 4 is 33.7 Å². The van der Waals surface area contributed by atoms with Crippen LogP contribution in [0.5, 0.6) is 5.75 Å². The molecule has 1 aliphatic rings. The van der Waals surface area contributed by atoms with Gasteiger partial charge in [0.2, 0.25) is 0 Å². The molecule has 0 bridgehead atoms. The lowest BCUT2D eigenvalue weighted by Gasteiger charge is -2.26. The zero-order valence-corrected chi connectivity index (χ0v) is 16.4. The molecule has 1 aliphatic heterocycles. The Kier molecular flexibility index (Phi) is 6.79. The van der Waals surface area contributed by atoms with Crippen molar-refractivity contribution in [2.45, 2.75) is 0 Å². The summed E-state index contributed by atoms with van der Waals surface area (Å²) < 4.78 is 11.8.